The third-order valence-electron chi connectivity index (χ3n) is 4.03. The Labute approximate surface area is 113 Å². The van der Waals surface area contributed by atoms with E-state index in [9.17, 15) is 0 Å². The number of aromatic nitrogens is 4. The number of hydrogen-bond acceptors (Lipinski definition) is 4. The van der Waals surface area contributed by atoms with Crippen molar-refractivity contribution < 1.29 is 4.74 Å². The molecule has 1 aliphatic carbocycles. The van der Waals surface area contributed by atoms with Gasteiger partial charge in [-0.25, -0.2) is 0 Å². The first-order chi connectivity index (χ1) is 9.26. The van der Waals surface area contributed by atoms with E-state index in [1.165, 1.54) is 36.8 Å². The monoisotopic (exact) mass is 260 g/mol. The lowest BCUT2D eigenvalue weighted by Crippen LogP contribution is -2.15. The molecule has 0 bridgehead atoms. The zero-order chi connectivity index (χ0) is 13.4. The average molecular weight is 260 g/mol. The first kappa shape index (κ1) is 12.4. The van der Waals surface area contributed by atoms with Crippen molar-refractivity contribution in [2.45, 2.75) is 51.9 Å². The van der Waals surface area contributed by atoms with E-state index in [-0.39, 0.29) is 0 Å². The Morgan fingerprint density at radius 1 is 1.37 bits per heavy atom. The fourth-order valence-electron chi connectivity index (χ4n) is 3.18. The summed E-state index contributed by atoms with van der Waals surface area (Å²) >= 11 is 0. The Morgan fingerprint density at radius 2 is 2.21 bits per heavy atom. The number of nitrogens with zero attached hydrogens (tertiary/aromatic N) is 4. The topological polar surface area (TPSA) is 52.3 Å². The first-order valence-corrected chi connectivity index (χ1v) is 7.05. The lowest BCUT2D eigenvalue weighted by Gasteiger charge is -2.26. The smallest absolute Gasteiger partial charge is 0.235 e. The molecular formula is C14H20N4O. The fraction of sp³-hybridized carbons (Fsp3) is 0.643. The zero-order valence-electron chi connectivity index (χ0n) is 11.8. The first-order valence-electron chi connectivity index (χ1n) is 7.05. The van der Waals surface area contributed by atoms with Gasteiger partial charge < -0.3 is 4.74 Å². The summed E-state index contributed by atoms with van der Waals surface area (Å²) in [5.74, 6) is 2.12. The van der Waals surface area contributed by atoms with Gasteiger partial charge in [0.2, 0.25) is 5.88 Å². The molecule has 2 aromatic rings. The third-order valence-corrected chi connectivity index (χ3v) is 4.03. The molecule has 2 heterocycles. The van der Waals surface area contributed by atoms with Crippen molar-refractivity contribution in [1.29, 1.82) is 0 Å². The molecule has 5 nitrogen and oxygen atoms in total. The zero-order valence-corrected chi connectivity index (χ0v) is 11.8. The maximum atomic E-state index is 5.53. The Morgan fingerprint density at radius 3 is 2.95 bits per heavy atom. The highest BCUT2D eigenvalue weighted by atomic mass is 16.5. The SMILES string of the molecule is CCCC1CCCc2c1c(OC)nn1c(C)nnc21. The van der Waals surface area contributed by atoms with Gasteiger partial charge in [0.1, 0.15) is 0 Å². The van der Waals surface area contributed by atoms with Crippen LogP contribution in [0.15, 0.2) is 0 Å². The molecule has 102 valence electrons. The maximum absolute atomic E-state index is 5.53. The second-order valence-electron chi connectivity index (χ2n) is 5.26. The van der Waals surface area contributed by atoms with Crippen LogP contribution in [0.2, 0.25) is 0 Å². The highest BCUT2D eigenvalue weighted by molar-refractivity contribution is 5.56. The van der Waals surface area contributed by atoms with Crippen LogP contribution in [-0.2, 0) is 6.42 Å². The molecule has 19 heavy (non-hydrogen) atoms. The Bertz CT molecular complexity index is 605. The highest BCUT2D eigenvalue weighted by Crippen LogP contribution is 2.40. The molecule has 5 heteroatoms. The summed E-state index contributed by atoms with van der Waals surface area (Å²) in [7, 11) is 1.70. The number of rotatable bonds is 3. The van der Waals surface area contributed by atoms with Crippen LogP contribution in [0.25, 0.3) is 5.65 Å². The van der Waals surface area contributed by atoms with Crippen LogP contribution in [0, 0.1) is 6.92 Å². The number of ether oxygens (including phenoxy) is 1. The molecule has 0 amide bonds. The number of aryl methyl sites for hydroxylation is 2. The molecular weight excluding hydrogens is 240 g/mol. The van der Waals surface area contributed by atoms with Crippen LogP contribution in [0.3, 0.4) is 0 Å². The summed E-state index contributed by atoms with van der Waals surface area (Å²) < 4.78 is 7.35. The van der Waals surface area contributed by atoms with Gasteiger partial charge in [-0.2, -0.15) is 4.52 Å². The van der Waals surface area contributed by atoms with Crippen molar-refractivity contribution in [2.75, 3.05) is 7.11 Å². The molecule has 0 saturated carbocycles. The molecule has 0 aliphatic heterocycles. The van der Waals surface area contributed by atoms with Crippen molar-refractivity contribution in [3.63, 3.8) is 0 Å². The lowest BCUT2D eigenvalue weighted by atomic mass is 9.81. The molecule has 1 unspecified atom stereocenters. The van der Waals surface area contributed by atoms with Gasteiger partial charge in [0.25, 0.3) is 0 Å². The maximum Gasteiger partial charge on any atom is 0.235 e. The molecule has 0 spiro atoms. The van der Waals surface area contributed by atoms with Crippen LogP contribution >= 0.6 is 0 Å². The summed E-state index contributed by atoms with van der Waals surface area (Å²) in [6, 6.07) is 0. The van der Waals surface area contributed by atoms with Crippen LogP contribution in [0.1, 0.15) is 55.5 Å². The van der Waals surface area contributed by atoms with Crippen LogP contribution in [0.4, 0.5) is 0 Å². The largest absolute Gasteiger partial charge is 0.480 e. The second-order valence-corrected chi connectivity index (χ2v) is 5.26. The summed E-state index contributed by atoms with van der Waals surface area (Å²) in [4.78, 5) is 0. The van der Waals surface area contributed by atoms with Gasteiger partial charge in [-0.1, -0.05) is 13.3 Å². The van der Waals surface area contributed by atoms with E-state index in [0.717, 1.165) is 23.8 Å². The minimum atomic E-state index is 0.554. The predicted octanol–water partition coefficient (Wildman–Crippen LogP) is 2.66. The van der Waals surface area contributed by atoms with Crippen LogP contribution < -0.4 is 4.74 Å². The van der Waals surface area contributed by atoms with Gasteiger partial charge in [-0.05, 0) is 38.5 Å². The van der Waals surface area contributed by atoms with Crippen molar-refractivity contribution >= 4 is 5.65 Å². The lowest BCUT2D eigenvalue weighted by molar-refractivity contribution is 0.369. The van der Waals surface area contributed by atoms with Gasteiger partial charge in [0, 0.05) is 11.1 Å². The van der Waals surface area contributed by atoms with E-state index in [0.29, 0.717) is 5.92 Å². The van der Waals surface area contributed by atoms with E-state index in [4.69, 9.17) is 4.74 Å². The second kappa shape index (κ2) is 4.79. The minimum Gasteiger partial charge on any atom is -0.480 e. The molecule has 0 aromatic carbocycles. The summed E-state index contributed by atoms with van der Waals surface area (Å²) in [5, 5.41) is 13.0. The van der Waals surface area contributed by atoms with Crippen molar-refractivity contribution in [2.24, 2.45) is 0 Å². The molecule has 1 aliphatic rings. The van der Waals surface area contributed by atoms with Gasteiger partial charge in [0.05, 0.1) is 7.11 Å². The average Bonchev–Trinajstić information content (AvgIpc) is 2.80. The summed E-state index contributed by atoms with van der Waals surface area (Å²) in [5.41, 5.74) is 3.47. The van der Waals surface area contributed by atoms with Gasteiger partial charge in [-0.3, -0.25) is 0 Å². The van der Waals surface area contributed by atoms with Crippen molar-refractivity contribution in [1.82, 2.24) is 19.8 Å². The van der Waals surface area contributed by atoms with Gasteiger partial charge >= 0.3 is 0 Å². The summed E-state index contributed by atoms with van der Waals surface area (Å²) in [6.07, 6.45) is 5.86. The molecule has 0 radical (unpaired) electrons. The number of hydrogen-bond donors (Lipinski definition) is 0. The number of fused-ring (bicyclic) bond motifs is 3. The predicted molar refractivity (Wildman–Crippen MR) is 72.7 cm³/mol. The molecule has 2 aromatic heterocycles. The van der Waals surface area contributed by atoms with Crippen LogP contribution in [0.5, 0.6) is 5.88 Å². The minimum absolute atomic E-state index is 0.554. The van der Waals surface area contributed by atoms with Crippen molar-refractivity contribution in [3.8, 4) is 5.88 Å². The quantitative estimate of drug-likeness (QED) is 0.851. The van der Waals surface area contributed by atoms with Crippen LogP contribution in [-0.4, -0.2) is 26.9 Å². The molecule has 3 rings (SSSR count). The van der Waals surface area contributed by atoms with E-state index in [1.807, 2.05) is 11.4 Å². The normalized spacial score (nSPS) is 18.6. The standard InChI is InChI=1S/C14H20N4O/c1-4-6-10-7-5-8-11-12(10)14(19-3)17-18-9(2)15-16-13(11)18/h10H,4-8H2,1-3H3. The highest BCUT2D eigenvalue weighted by Gasteiger charge is 2.28. The molecule has 1 atom stereocenters. The molecule has 0 saturated heterocycles. The van der Waals surface area contributed by atoms with Gasteiger partial charge in [0.15, 0.2) is 11.5 Å². The van der Waals surface area contributed by atoms with E-state index >= 15 is 0 Å². The Balaban J connectivity index is 2.25. The number of methoxy groups -OCH3 is 1. The molecule has 0 fully saturated rings. The summed E-state index contributed by atoms with van der Waals surface area (Å²) in [6.45, 7) is 4.15. The van der Waals surface area contributed by atoms with E-state index in [1.54, 1.807) is 7.11 Å². The van der Waals surface area contributed by atoms with E-state index < -0.39 is 0 Å². The fourth-order valence-corrected chi connectivity index (χ4v) is 3.18. The Kier molecular flexibility index (Phi) is 3.12. The van der Waals surface area contributed by atoms with E-state index in [2.05, 4.69) is 22.2 Å². The van der Waals surface area contributed by atoms with Gasteiger partial charge in [-0.15, -0.1) is 15.3 Å². The molecule has 0 N–H and O–H groups in total. The van der Waals surface area contributed by atoms with Crippen molar-refractivity contribution in [3.05, 3.63) is 17.0 Å². The Hall–Kier alpha value is -1.65. The third kappa shape index (κ3) is 1.88.